The minimum atomic E-state index is -0.508. The molecular formula is C23H28Cl2N2O3. The molecule has 0 unspecified atom stereocenters. The van der Waals surface area contributed by atoms with Gasteiger partial charge >= 0.3 is 0 Å². The molecule has 162 valence electrons. The van der Waals surface area contributed by atoms with E-state index in [4.69, 9.17) is 32.7 Å². The number of aromatic nitrogens is 1. The first-order chi connectivity index (χ1) is 14.3. The third-order valence-electron chi connectivity index (χ3n) is 5.42. The molecule has 5 nitrogen and oxygen atoms in total. The van der Waals surface area contributed by atoms with Gasteiger partial charge in [-0.05, 0) is 56.4 Å². The van der Waals surface area contributed by atoms with Crippen molar-refractivity contribution < 1.29 is 14.3 Å². The Morgan fingerprint density at radius 2 is 1.77 bits per heavy atom. The van der Waals surface area contributed by atoms with Crippen LogP contribution in [0.25, 0.3) is 0 Å². The van der Waals surface area contributed by atoms with E-state index in [1.54, 1.807) is 30.6 Å². The van der Waals surface area contributed by atoms with Crippen LogP contribution in [0.1, 0.15) is 46.0 Å². The Morgan fingerprint density at radius 1 is 1.07 bits per heavy atom. The molecule has 3 rings (SSSR count). The van der Waals surface area contributed by atoms with Gasteiger partial charge in [-0.2, -0.15) is 0 Å². The van der Waals surface area contributed by atoms with Gasteiger partial charge in [0.15, 0.2) is 0 Å². The van der Waals surface area contributed by atoms with Crippen molar-refractivity contribution in [3.05, 3.63) is 52.8 Å². The molecule has 0 radical (unpaired) electrons. The second kappa shape index (κ2) is 10.4. The number of amides is 1. The largest absolute Gasteiger partial charge is 0.494 e. The summed E-state index contributed by atoms with van der Waals surface area (Å²) in [4.78, 5) is 16.8. The lowest BCUT2D eigenvalue weighted by molar-refractivity contribution is -0.131. The van der Waals surface area contributed by atoms with Crippen LogP contribution in [0.4, 0.5) is 0 Å². The zero-order valence-electron chi connectivity index (χ0n) is 17.4. The normalized spacial score (nSPS) is 19.2. The number of rotatable bonds is 8. The second-order valence-electron chi connectivity index (χ2n) is 8.34. The Kier molecular flexibility index (Phi) is 7.84. The second-order valence-corrected chi connectivity index (χ2v) is 9.21. The molecule has 0 spiro atoms. The van der Waals surface area contributed by atoms with E-state index in [-0.39, 0.29) is 18.1 Å². The minimum absolute atomic E-state index is 0.0608. The first-order valence-electron chi connectivity index (χ1n) is 10.3. The van der Waals surface area contributed by atoms with Crippen LogP contribution >= 0.6 is 23.2 Å². The van der Waals surface area contributed by atoms with Crippen molar-refractivity contribution in [1.82, 2.24) is 10.3 Å². The predicted molar refractivity (Wildman–Crippen MR) is 119 cm³/mol. The molecule has 0 aliphatic heterocycles. The highest BCUT2D eigenvalue weighted by Gasteiger charge is 2.31. The summed E-state index contributed by atoms with van der Waals surface area (Å²) in [7, 11) is 0. The van der Waals surface area contributed by atoms with Gasteiger partial charge < -0.3 is 14.8 Å². The molecule has 1 aromatic heterocycles. The summed E-state index contributed by atoms with van der Waals surface area (Å²) in [5.74, 6) is 1.51. The van der Waals surface area contributed by atoms with Gasteiger partial charge in [-0.3, -0.25) is 9.78 Å². The monoisotopic (exact) mass is 450 g/mol. The van der Waals surface area contributed by atoms with E-state index in [0.717, 1.165) is 31.4 Å². The molecule has 1 aromatic carbocycles. The Hall–Kier alpha value is -1.98. The SMILES string of the molecule is CC(C)(CCOc1ccc(Cl)cc1)C(=O)N[C@H]1CC[C@H](Oc2cncc(Cl)c2)CC1. The lowest BCUT2D eigenvalue weighted by atomic mass is 9.86. The van der Waals surface area contributed by atoms with E-state index in [2.05, 4.69) is 10.3 Å². The summed E-state index contributed by atoms with van der Waals surface area (Å²) in [6.45, 7) is 4.37. The fourth-order valence-electron chi connectivity index (χ4n) is 3.42. The summed E-state index contributed by atoms with van der Waals surface area (Å²) in [6.07, 6.45) is 7.57. The fraction of sp³-hybridized carbons (Fsp3) is 0.478. The number of nitrogens with zero attached hydrogens (tertiary/aromatic N) is 1. The van der Waals surface area contributed by atoms with Crippen LogP contribution in [0.15, 0.2) is 42.7 Å². The maximum atomic E-state index is 12.8. The standard InChI is InChI=1S/C23H28Cl2N2O3/c1-23(2,11-12-29-19-7-3-16(24)4-8-19)22(28)27-18-5-9-20(10-6-18)30-21-13-17(25)14-26-15-21/h3-4,7-8,13-15,18,20H,5-6,9-12H2,1-2H3,(H,27,28)/t18-,20-. The molecule has 0 saturated heterocycles. The number of benzene rings is 1. The molecule has 1 N–H and O–H groups in total. The number of hydrogen-bond acceptors (Lipinski definition) is 4. The van der Waals surface area contributed by atoms with Crippen molar-refractivity contribution >= 4 is 29.1 Å². The van der Waals surface area contributed by atoms with Crippen molar-refractivity contribution in [2.24, 2.45) is 5.41 Å². The first kappa shape index (κ1) is 22.7. The van der Waals surface area contributed by atoms with Gasteiger partial charge in [0.25, 0.3) is 0 Å². The van der Waals surface area contributed by atoms with Crippen LogP contribution in [-0.2, 0) is 4.79 Å². The number of nitrogens with one attached hydrogen (secondary N) is 1. The first-order valence-corrected chi connectivity index (χ1v) is 11.0. The van der Waals surface area contributed by atoms with Gasteiger partial charge in [-0.1, -0.05) is 37.0 Å². The summed E-state index contributed by atoms with van der Waals surface area (Å²) < 4.78 is 11.7. The summed E-state index contributed by atoms with van der Waals surface area (Å²) in [5, 5.41) is 4.45. The number of ether oxygens (including phenoxy) is 2. The van der Waals surface area contributed by atoms with Gasteiger partial charge in [0, 0.05) is 28.7 Å². The molecular weight excluding hydrogens is 423 g/mol. The van der Waals surface area contributed by atoms with Gasteiger partial charge in [0.1, 0.15) is 11.5 Å². The van der Waals surface area contributed by atoms with Gasteiger partial charge in [-0.15, -0.1) is 0 Å². The highest BCUT2D eigenvalue weighted by molar-refractivity contribution is 6.30. The summed E-state index contributed by atoms with van der Waals surface area (Å²) in [5.41, 5.74) is -0.508. The number of halogens is 2. The quantitative estimate of drug-likeness (QED) is 0.560. The Balaban J connectivity index is 1.40. The number of pyridine rings is 1. The molecule has 2 aromatic rings. The molecule has 1 amide bonds. The van der Waals surface area contributed by atoms with Crippen LogP contribution in [0.5, 0.6) is 11.5 Å². The number of hydrogen-bond donors (Lipinski definition) is 1. The Morgan fingerprint density at radius 3 is 2.43 bits per heavy atom. The van der Waals surface area contributed by atoms with Crippen LogP contribution in [-0.4, -0.2) is 29.6 Å². The molecule has 0 atom stereocenters. The van der Waals surface area contributed by atoms with Crippen LogP contribution in [0, 0.1) is 5.41 Å². The molecule has 0 bridgehead atoms. The molecule has 1 saturated carbocycles. The van der Waals surface area contributed by atoms with Gasteiger partial charge in [0.2, 0.25) is 5.91 Å². The maximum Gasteiger partial charge on any atom is 0.226 e. The highest BCUT2D eigenvalue weighted by Crippen LogP contribution is 2.27. The predicted octanol–water partition coefficient (Wildman–Crippen LogP) is 5.69. The molecule has 1 aliphatic rings. The Labute approximate surface area is 188 Å². The average molecular weight is 451 g/mol. The average Bonchev–Trinajstić information content (AvgIpc) is 2.71. The van der Waals surface area contributed by atoms with Crippen molar-refractivity contribution in [3.63, 3.8) is 0 Å². The van der Waals surface area contributed by atoms with Crippen molar-refractivity contribution in [2.45, 2.75) is 58.1 Å². The summed E-state index contributed by atoms with van der Waals surface area (Å²) >= 11 is 11.8. The lowest BCUT2D eigenvalue weighted by Gasteiger charge is -2.32. The molecule has 1 fully saturated rings. The van der Waals surface area contributed by atoms with Gasteiger partial charge in [0.05, 0.1) is 23.9 Å². The van der Waals surface area contributed by atoms with E-state index in [1.165, 1.54) is 0 Å². The maximum absolute atomic E-state index is 12.8. The van der Waals surface area contributed by atoms with E-state index in [0.29, 0.717) is 28.8 Å². The van der Waals surface area contributed by atoms with Crippen LogP contribution in [0.3, 0.4) is 0 Å². The fourth-order valence-corrected chi connectivity index (χ4v) is 3.71. The molecule has 30 heavy (non-hydrogen) atoms. The zero-order valence-corrected chi connectivity index (χ0v) is 18.9. The van der Waals surface area contributed by atoms with Crippen molar-refractivity contribution in [3.8, 4) is 11.5 Å². The van der Waals surface area contributed by atoms with Crippen molar-refractivity contribution in [1.29, 1.82) is 0 Å². The number of carbonyl (C=O) groups excluding carboxylic acids is 1. The smallest absolute Gasteiger partial charge is 0.226 e. The Bertz CT molecular complexity index is 835. The van der Waals surface area contributed by atoms with Crippen LogP contribution < -0.4 is 14.8 Å². The molecule has 1 aliphatic carbocycles. The van der Waals surface area contributed by atoms with Crippen LogP contribution in [0.2, 0.25) is 10.0 Å². The summed E-state index contributed by atoms with van der Waals surface area (Å²) in [6, 6.07) is 9.18. The third-order valence-corrected chi connectivity index (χ3v) is 5.87. The van der Waals surface area contributed by atoms with E-state index in [1.807, 2.05) is 26.0 Å². The zero-order chi connectivity index (χ0) is 21.6. The van der Waals surface area contributed by atoms with Crippen molar-refractivity contribution in [2.75, 3.05) is 6.61 Å². The van der Waals surface area contributed by atoms with E-state index < -0.39 is 5.41 Å². The van der Waals surface area contributed by atoms with E-state index in [9.17, 15) is 4.79 Å². The highest BCUT2D eigenvalue weighted by atomic mass is 35.5. The molecule has 1 heterocycles. The molecule has 7 heteroatoms. The van der Waals surface area contributed by atoms with Gasteiger partial charge in [-0.25, -0.2) is 0 Å². The topological polar surface area (TPSA) is 60.5 Å². The minimum Gasteiger partial charge on any atom is -0.494 e. The third kappa shape index (κ3) is 6.78. The number of carbonyl (C=O) groups is 1. The van der Waals surface area contributed by atoms with E-state index >= 15 is 0 Å². The lowest BCUT2D eigenvalue weighted by Crippen LogP contribution is -2.45.